The molecule has 2 amide bonds. The predicted octanol–water partition coefficient (Wildman–Crippen LogP) is 5.52. The second-order valence-electron chi connectivity index (χ2n) is 9.85. The second kappa shape index (κ2) is 12.2. The first-order chi connectivity index (χ1) is 17.8. The van der Waals surface area contributed by atoms with Crippen LogP contribution >= 0.6 is 23.2 Å². The first kappa shape index (κ1) is 29.5. The Hall–Kier alpha value is -3.07. The maximum atomic E-state index is 13.9. The molecular formula is C28H31Cl2N3O4S. The number of hydrogen-bond acceptors (Lipinski definition) is 4. The van der Waals surface area contributed by atoms with Gasteiger partial charge in [-0.2, -0.15) is 0 Å². The summed E-state index contributed by atoms with van der Waals surface area (Å²) in [6.45, 7) is 6.62. The molecule has 1 atom stereocenters. The van der Waals surface area contributed by atoms with Crippen molar-refractivity contribution in [1.82, 2.24) is 10.2 Å². The van der Waals surface area contributed by atoms with Crippen LogP contribution in [0, 0.1) is 0 Å². The van der Waals surface area contributed by atoms with E-state index in [0.717, 1.165) is 4.31 Å². The van der Waals surface area contributed by atoms with Crippen LogP contribution in [0.4, 0.5) is 5.69 Å². The minimum atomic E-state index is -4.10. The summed E-state index contributed by atoms with van der Waals surface area (Å²) < 4.78 is 28.4. The van der Waals surface area contributed by atoms with Gasteiger partial charge in [-0.15, -0.1) is 0 Å². The van der Waals surface area contributed by atoms with E-state index >= 15 is 0 Å². The third-order valence-corrected chi connectivity index (χ3v) is 8.18. The maximum absolute atomic E-state index is 13.9. The minimum Gasteiger partial charge on any atom is -0.350 e. The van der Waals surface area contributed by atoms with Gasteiger partial charge in [-0.3, -0.25) is 13.9 Å². The Morgan fingerprint density at radius 1 is 0.895 bits per heavy atom. The van der Waals surface area contributed by atoms with Crippen molar-refractivity contribution in [2.24, 2.45) is 0 Å². The van der Waals surface area contributed by atoms with Gasteiger partial charge in [-0.25, -0.2) is 8.42 Å². The highest BCUT2D eigenvalue weighted by Crippen LogP contribution is 2.26. The van der Waals surface area contributed by atoms with E-state index in [1.165, 1.54) is 17.0 Å². The van der Waals surface area contributed by atoms with Gasteiger partial charge in [-0.1, -0.05) is 65.7 Å². The van der Waals surface area contributed by atoms with E-state index in [9.17, 15) is 18.0 Å². The quantitative estimate of drug-likeness (QED) is 0.364. The van der Waals surface area contributed by atoms with E-state index < -0.39 is 34.1 Å². The van der Waals surface area contributed by atoms with Crippen molar-refractivity contribution >= 4 is 50.7 Å². The van der Waals surface area contributed by atoms with Gasteiger partial charge in [0.1, 0.15) is 12.6 Å². The SMILES string of the molecule is C[C@@H](C(=O)NC(C)(C)C)N(Cc1ccc(Cl)c(Cl)c1)C(=O)CN(c1ccccc1)S(=O)(=O)c1ccccc1. The van der Waals surface area contributed by atoms with Gasteiger partial charge in [0, 0.05) is 12.1 Å². The van der Waals surface area contributed by atoms with Crippen LogP contribution in [0.2, 0.25) is 10.0 Å². The molecule has 0 saturated heterocycles. The molecule has 0 spiro atoms. The monoisotopic (exact) mass is 575 g/mol. The Bertz CT molecular complexity index is 1380. The molecule has 0 bridgehead atoms. The van der Waals surface area contributed by atoms with Gasteiger partial charge >= 0.3 is 0 Å². The fourth-order valence-corrected chi connectivity index (χ4v) is 5.49. The number of hydrogen-bond donors (Lipinski definition) is 1. The van der Waals surface area contributed by atoms with Gasteiger partial charge < -0.3 is 10.2 Å². The molecule has 0 aromatic heterocycles. The van der Waals surface area contributed by atoms with Crippen LogP contribution in [0.1, 0.15) is 33.3 Å². The zero-order valence-corrected chi connectivity index (χ0v) is 24.0. The number of halogens is 2. The largest absolute Gasteiger partial charge is 0.350 e. The highest BCUT2D eigenvalue weighted by atomic mass is 35.5. The molecule has 0 aliphatic carbocycles. The summed E-state index contributed by atoms with van der Waals surface area (Å²) >= 11 is 12.3. The van der Waals surface area contributed by atoms with Gasteiger partial charge in [0.05, 0.1) is 20.6 Å². The molecule has 0 unspecified atom stereocenters. The zero-order chi connectivity index (χ0) is 28.1. The molecule has 0 saturated carbocycles. The van der Waals surface area contributed by atoms with Crippen LogP contribution in [0.15, 0.2) is 83.8 Å². The van der Waals surface area contributed by atoms with Crippen LogP contribution in [-0.2, 0) is 26.2 Å². The number of nitrogens with one attached hydrogen (secondary N) is 1. The van der Waals surface area contributed by atoms with Crippen molar-refractivity contribution in [2.45, 2.75) is 50.7 Å². The number of anilines is 1. The second-order valence-corrected chi connectivity index (χ2v) is 12.5. The third-order valence-electron chi connectivity index (χ3n) is 5.66. The molecule has 0 heterocycles. The topological polar surface area (TPSA) is 86.8 Å². The first-order valence-electron chi connectivity index (χ1n) is 12.0. The molecule has 3 aromatic rings. The molecule has 0 aliphatic rings. The number of carbonyl (C=O) groups excluding carboxylic acids is 2. The summed E-state index contributed by atoms with van der Waals surface area (Å²) in [4.78, 5) is 28.4. The van der Waals surface area contributed by atoms with Crippen LogP contribution < -0.4 is 9.62 Å². The third kappa shape index (κ3) is 7.49. The standard InChI is InChI=1S/C28H31Cl2N3O4S/c1-20(27(35)31-28(2,3)4)32(18-21-15-16-24(29)25(30)17-21)26(34)19-33(22-11-7-5-8-12-22)38(36,37)23-13-9-6-10-14-23/h5-17,20H,18-19H2,1-4H3,(H,31,35)/t20-/m0/s1. The van der Waals surface area contributed by atoms with Crippen LogP contribution in [0.5, 0.6) is 0 Å². The van der Waals surface area contributed by atoms with E-state index in [1.54, 1.807) is 73.7 Å². The summed E-state index contributed by atoms with van der Waals surface area (Å²) in [5.74, 6) is -0.931. The highest BCUT2D eigenvalue weighted by Gasteiger charge is 2.33. The van der Waals surface area contributed by atoms with Crippen LogP contribution in [0.25, 0.3) is 0 Å². The van der Waals surface area contributed by atoms with Gasteiger partial charge in [0.2, 0.25) is 11.8 Å². The molecule has 202 valence electrons. The Morgan fingerprint density at radius 2 is 1.47 bits per heavy atom. The van der Waals surface area contributed by atoms with E-state index in [1.807, 2.05) is 20.8 Å². The van der Waals surface area contributed by atoms with E-state index in [2.05, 4.69) is 5.32 Å². The molecule has 10 heteroatoms. The average molecular weight is 577 g/mol. The molecule has 0 radical (unpaired) electrons. The van der Waals surface area contributed by atoms with Crippen molar-refractivity contribution in [3.63, 3.8) is 0 Å². The van der Waals surface area contributed by atoms with Gasteiger partial charge in [0.25, 0.3) is 10.0 Å². The lowest BCUT2D eigenvalue weighted by atomic mass is 10.1. The Morgan fingerprint density at radius 3 is 2.03 bits per heavy atom. The van der Waals surface area contributed by atoms with Crippen molar-refractivity contribution in [3.8, 4) is 0 Å². The molecule has 3 aromatic carbocycles. The molecule has 1 N–H and O–H groups in total. The van der Waals surface area contributed by atoms with E-state index in [0.29, 0.717) is 21.3 Å². The Balaban J connectivity index is 2.01. The first-order valence-corrected chi connectivity index (χ1v) is 14.2. The maximum Gasteiger partial charge on any atom is 0.264 e. The normalized spacial score (nSPS) is 12.5. The highest BCUT2D eigenvalue weighted by molar-refractivity contribution is 7.92. The van der Waals surface area contributed by atoms with Crippen LogP contribution in [-0.4, -0.2) is 43.3 Å². The fourth-order valence-electron chi connectivity index (χ4n) is 3.73. The summed E-state index contributed by atoms with van der Waals surface area (Å²) in [6.07, 6.45) is 0. The number of rotatable bonds is 9. The minimum absolute atomic E-state index is 0.0163. The van der Waals surface area contributed by atoms with E-state index in [4.69, 9.17) is 23.2 Å². The molecule has 7 nitrogen and oxygen atoms in total. The van der Waals surface area contributed by atoms with Crippen LogP contribution in [0.3, 0.4) is 0 Å². The Labute approximate surface area is 234 Å². The summed E-state index contributed by atoms with van der Waals surface area (Å²) in [5, 5.41) is 3.55. The van der Waals surface area contributed by atoms with Gasteiger partial charge in [-0.05, 0) is 69.7 Å². The fraction of sp³-hybridized carbons (Fsp3) is 0.286. The molecule has 0 aliphatic heterocycles. The van der Waals surface area contributed by atoms with E-state index in [-0.39, 0.29) is 17.3 Å². The lowest BCUT2D eigenvalue weighted by Gasteiger charge is -2.33. The zero-order valence-electron chi connectivity index (χ0n) is 21.7. The number of sulfonamides is 1. The molecule has 0 fully saturated rings. The number of benzene rings is 3. The Kier molecular flexibility index (Phi) is 9.46. The number of nitrogens with zero attached hydrogens (tertiary/aromatic N) is 2. The van der Waals surface area contributed by atoms with Crippen molar-refractivity contribution in [1.29, 1.82) is 0 Å². The predicted molar refractivity (Wildman–Crippen MR) is 152 cm³/mol. The summed E-state index contributed by atoms with van der Waals surface area (Å²) in [6, 6.07) is 20.3. The summed E-state index contributed by atoms with van der Waals surface area (Å²) in [7, 11) is -4.10. The molecular weight excluding hydrogens is 545 g/mol. The lowest BCUT2D eigenvalue weighted by molar-refractivity contribution is -0.140. The molecule has 3 rings (SSSR count). The number of amides is 2. The summed E-state index contributed by atoms with van der Waals surface area (Å²) in [5.41, 5.74) is 0.433. The number of para-hydroxylation sites is 1. The van der Waals surface area contributed by atoms with Crippen molar-refractivity contribution < 1.29 is 18.0 Å². The van der Waals surface area contributed by atoms with Crippen molar-refractivity contribution in [3.05, 3.63) is 94.5 Å². The average Bonchev–Trinajstić information content (AvgIpc) is 2.87. The molecule has 38 heavy (non-hydrogen) atoms. The number of carbonyl (C=O) groups is 2. The van der Waals surface area contributed by atoms with Gasteiger partial charge in [0.15, 0.2) is 0 Å². The smallest absolute Gasteiger partial charge is 0.264 e. The van der Waals surface area contributed by atoms with Crippen molar-refractivity contribution in [2.75, 3.05) is 10.8 Å². The lowest BCUT2D eigenvalue weighted by Crippen LogP contribution is -2.54.